The lowest BCUT2D eigenvalue weighted by molar-refractivity contribution is 0.149. The van der Waals surface area contributed by atoms with Crippen molar-refractivity contribution < 1.29 is 0 Å². The van der Waals surface area contributed by atoms with Gasteiger partial charge in [-0.05, 0) is 37.7 Å². The zero-order chi connectivity index (χ0) is 14.5. The van der Waals surface area contributed by atoms with Crippen molar-refractivity contribution in [2.75, 3.05) is 0 Å². The molecule has 0 aliphatic heterocycles. The van der Waals surface area contributed by atoms with Crippen molar-refractivity contribution in [3.63, 3.8) is 0 Å². The lowest BCUT2D eigenvalue weighted by Crippen LogP contribution is -2.42. The maximum Gasteiger partial charge on any atom is 0.125 e. The van der Waals surface area contributed by atoms with Crippen molar-refractivity contribution in [2.24, 2.45) is 11.8 Å². The summed E-state index contributed by atoms with van der Waals surface area (Å²) < 4.78 is 0. The van der Waals surface area contributed by atoms with Crippen molar-refractivity contribution in [2.45, 2.75) is 77.3 Å². The van der Waals surface area contributed by atoms with Crippen LogP contribution in [0.2, 0.25) is 0 Å². The molecule has 2 unspecified atom stereocenters. The Labute approximate surface area is 129 Å². The highest BCUT2D eigenvalue weighted by molar-refractivity contribution is 5.02. The van der Waals surface area contributed by atoms with Crippen LogP contribution in [0.1, 0.15) is 69.3 Å². The lowest BCUT2D eigenvalue weighted by Gasteiger charge is -2.39. The minimum absolute atomic E-state index is 0.706. The fraction of sp³-hybridized carbons (Fsp3) is 0.778. The van der Waals surface area contributed by atoms with Gasteiger partial charge in [-0.3, -0.25) is 0 Å². The summed E-state index contributed by atoms with van der Waals surface area (Å²) in [6.45, 7) is 2.87. The molecule has 1 heterocycles. The van der Waals surface area contributed by atoms with E-state index >= 15 is 0 Å². The van der Waals surface area contributed by atoms with E-state index in [0.29, 0.717) is 6.04 Å². The fourth-order valence-corrected chi connectivity index (χ4v) is 4.38. The van der Waals surface area contributed by atoms with E-state index in [4.69, 9.17) is 0 Å². The first kappa shape index (κ1) is 15.0. The molecular weight excluding hydrogens is 258 g/mol. The standard InChI is InChI=1S/C18H29N3/c1-14-19-12-11-16(21-14)13-20-18-10-6-5-9-17(18)15-7-3-2-4-8-15/h11-12,15,17-18,20H,2-10,13H2,1H3. The number of nitrogens with zero attached hydrogens (tertiary/aromatic N) is 2. The van der Waals surface area contributed by atoms with Crippen LogP contribution in [0.3, 0.4) is 0 Å². The Kier molecular flexibility index (Phi) is 5.23. The first-order chi connectivity index (χ1) is 10.3. The maximum atomic E-state index is 4.52. The lowest BCUT2D eigenvalue weighted by atomic mass is 9.71. The largest absolute Gasteiger partial charge is 0.308 e. The molecule has 0 radical (unpaired) electrons. The van der Waals surface area contributed by atoms with Gasteiger partial charge in [0.05, 0.1) is 5.69 Å². The number of hydrogen-bond donors (Lipinski definition) is 1. The normalized spacial score (nSPS) is 27.7. The summed E-state index contributed by atoms with van der Waals surface area (Å²) in [4.78, 5) is 8.71. The zero-order valence-corrected chi connectivity index (χ0v) is 13.4. The van der Waals surface area contributed by atoms with E-state index in [1.807, 2.05) is 19.2 Å². The Bertz CT molecular complexity index is 440. The van der Waals surface area contributed by atoms with Crippen LogP contribution in [0, 0.1) is 18.8 Å². The highest BCUT2D eigenvalue weighted by atomic mass is 15.0. The summed E-state index contributed by atoms with van der Waals surface area (Å²) in [7, 11) is 0. The number of rotatable bonds is 4. The van der Waals surface area contributed by atoms with Crippen LogP contribution in [0.25, 0.3) is 0 Å². The molecule has 3 heteroatoms. The van der Waals surface area contributed by atoms with Crippen molar-refractivity contribution in [1.29, 1.82) is 0 Å². The van der Waals surface area contributed by atoms with Crippen LogP contribution >= 0.6 is 0 Å². The molecule has 21 heavy (non-hydrogen) atoms. The molecule has 1 aromatic rings. The predicted octanol–water partition coefficient (Wildman–Crippen LogP) is 4.01. The molecule has 1 N–H and O–H groups in total. The van der Waals surface area contributed by atoms with Gasteiger partial charge in [0.15, 0.2) is 0 Å². The molecule has 0 bridgehead atoms. The molecule has 2 saturated carbocycles. The molecule has 1 aromatic heterocycles. The summed E-state index contributed by atoms with van der Waals surface area (Å²) in [6.07, 6.45) is 14.8. The highest BCUT2D eigenvalue weighted by Crippen LogP contribution is 2.38. The van der Waals surface area contributed by atoms with Gasteiger partial charge in [0, 0.05) is 18.8 Å². The fourth-order valence-electron chi connectivity index (χ4n) is 4.38. The van der Waals surface area contributed by atoms with Crippen molar-refractivity contribution >= 4 is 0 Å². The molecule has 0 spiro atoms. The van der Waals surface area contributed by atoms with Gasteiger partial charge in [-0.1, -0.05) is 44.9 Å². The predicted molar refractivity (Wildman–Crippen MR) is 85.9 cm³/mol. The van der Waals surface area contributed by atoms with Gasteiger partial charge in [-0.15, -0.1) is 0 Å². The van der Waals surface area contributed by atoms with Crippen LogP contribution < -0.4 is 5.32 Å². The molecule has 2 aliphatic carbocycles. The van der Waals surface area contributed by atoms with Gasteiger partial charge in [0.2, 0.25) is 0 Å². The molecule has 2 aliphatic rings. The van der Waals surface area contributed by atoms with Gasteiger partial charge in [-0.2, -0.15) is 0 Å². The smallest absolute Gasteiger partial charge is 0.125 e. The third-order valence-corrected chi connectivity index (χ3v) is 5.45. The minimum atomic E-state index is 0.706. The van der Waals surface area contributed by atoms with Crippen LogP contribution in [0.5, 0.6) is 0 Å². The van der Waals surface area contributed by atoms with E-state index in [2.05, 4.69) is 15.3 Å². The van der Waals surface area contributed by atoms with Crippen LogP contribution in [0.4, 0.5) is 0 Å². The number of aryl methyl sites for hydroxylation is 1. The van der Waals surface area contributed by atoms with Gasteiger partial charge in [0.1, 0.15) is 5.82 Å². The molecule has 3 nitrogen and oxygen atoms in total. The van der Waals surface area contributed by atoms with E-state index < -0.39 is 0 Å². The number of nitrogens with one attached hydrogen (secondary N) is 1. The number of hydrogen-bond acceptors (Lipinski definition) is 3. The third-order valence-electron chi connectivity index (χ3n) is 5.45. The second-order valence-corrected chi connectivity index (χ2v) is 6.93. The van der Waals surface area contributed by atoms with Crippen molar-refractivity contribution in [3.8, 4) is 0 Å². The molecule has 0 amide bonds. The summed E-state index contributed by atoms with van der Waals surface area (Å²) in [5, 5.41) is 3.82. The number of aromatic nitrogens is 2. The molecule has 2 fully saturated rings. The Morgan fingerprint density at radius 3 is 2.62 bits per heavy atom. The topological polar surface area (TPSA) is 37.8 Å². The SMILES string of the molecule is Cc1nccc(CNC2CCCCC2C2CCCCC2)n1. The summed E-state index contributed by atoms with van der Waals surface area (Å²) in [5.74, 6) is 2.76. The average molecular weight is 287 g/mol. The second-order valence-electron chi connectivity index (χ2n) is 6.93. The molecular formula is C18H29N3. The van der Waals surface area contributed by atoms with E-state index in [0.717, 1.165) is 29.9 Å². The second kappa shape index (κ2) is 7.35. The highest BCUT2D eigenvalue weighted by Gasteiger charge is 2.32. The van der Waals surface area contributed by atoms with Gasteiger partial charge in [-0.25, -0.2) is 9.97 Å². The first-order valence-electron chi connectivity index (χ1n) is 8.85. The Balaban J connectivity index is 1.58. The van der Waals surface area contributed by atoms with Gasteiger partial charge < -0.3 is 5.32 Å². The third kappa shape index (κ3) is 4.03. The minimum Gasteiger partial charge on any atom is -0.308 e. The quantitative estimate of drug-likeness (QED) is 0.909. The van der Waals surface area contributed by atoms with Crippen LogP contribution in [-0.2, 0) is 6.54 Å². The van der Waals surface area contributed by atoms with Gasteiger partial charge >= 0.3 is 0 Å². The molecule has 0 saturated heterocycles. The molecule has 3 rings (SSSR count). The maximum absolute atomic E-state index is 4.52. The van der Waals surface area contributed by atoms with Gasteiger partial charge in [0.25, 0.3) is 0 Å². The van der Waals surface area contributed by atoms with E-state index in [1.165, 1.54) is 57.8 Å². The molecule has 116 valence electrons. The Morgan fingerprint density at radius 2 is 1.81 bits per heavy atom. The van der Waals surface area contributed by atoms with Crippen molar-refractivity contribution in [3.05, 3.63) is 23.8 Å². The summed E-state index contributed by atoms with van der Waals surface area (Å²) in [5.41, 5.74) is 1.13. The van der Waals surface area contributed by atoms with E-state index in [1.54, 1.807) is 0 Å². The Morgan fingerprint density at radius 1 is 1.05 bits per heavy atom. The Hall–Kier alpha value is -0.960. The first-order valence-corrected chi connectivity index (χ1v) is 8.85. The summed E-state index contributed by atoms with van der Waals surface area (Å²) >= 11 is 0. The zero-order valence-electron chi connectivity index (χ0n) is 13.4. The monoisotopic (exact) mass is 287 g/mol. The summed E-state index contributed by atoms with van der Waals surface area (Å²) in [6, 6.07) is 2.75. The molecule has 0 aromatic carbocycles. The average Bonchev–Trinajstić information content (AvgIpc) is 2.54. The van der Waals surface area contributed by atoms with E-state index in [9.17, 15) is 0 Å². The van der Waals surface area contributed by atoms with Crippen LogP contribution in [-0.4, -0.2) is 16.0 Å². The van der Waals surface area contributed by atoms with Crippen molar-refractivity contribution in [1.82, 2.24) is 15.3 Å². The molecule has 2 atom stereocenters. The van der Waals surface area contributed by atoms with Crippen LogP contribution in [0.15, 0.2) is 12.3 Å². The van der Waals surface area contributed by atoms with E-state index in [-0.39, 0.29) is 0 Å².